The van der Waals surface area contributed by atoms with Gasteiger partial charge >= 0.3 is 0 Å². The summed E-state index contributed by atoms with van der Waals surface area (Å²) in [4.78, 5) is 7.47. The predicted molar refractivity (Wildman–Crippen MR) is 41.6 cm³/mol. The van der Waals surface area contributed by atoms with Crippen molar-refractivity contribution >= 4 is 0 Å². The van der Waals surface area contributed by atoms with Gasteiger partial charge in [0.05, 0.1) is 24.3 Å². The highest BCUT2D eigenvalue weighted by Gasteiger charge is 2.01. The topological polar surface area (TPSA) is 56.5 Å². The molecular formula is C7H6FN5. The number of hydrogen-bond donors (Lipinski definition) is 0. The lowest BCUT2D eigenvalue weighted by Gasteiger charge is -1.95. The van der Waals surface area contributed by atoms with Crippen LogP contribution in [0.5, 0.6) is 0 Å². The van der Waals surface area contributed by atoms with Gasteiger partial charge in [-0.2, -0.15) is 4.68 Å². The van der Waals surface area contributed by atoms with Gasteiger partial charge < -0.3 is 0 Å². The monoisotopic (exact) mass is 179 g/mol. The Kier molecular flexibility index (Phi) is 1.73. The maximum Gasteiger partial charge on any atom is 0.252 e. The maximum atomic E-state index is 12.4. The zero-order chi connectivity index (χ0) is 9.26. The Labute approximate surface area is 73.3 Å². The molecule has 2 aromatic rings. The largest absolute Gasteiger partial charge is 0.252 e. The van der Waals surface area contributed by atoms with Crippen LogP contribution in [0.15, 0.2) is 18.6 Å². The number of rotatable bonds is 1. The molecule has 66 valence electrons. The molecule has 0 spiro atoms. The van der Waals surface area contributed by atoms with Gasteiger partial charge in [0.1, 0.15) is 0 Å². The van der Waals surface area contributed by atoms with Crippen LogP contribution in [0.3, 0.4) is 0 Å². The fourth-order valence-electron chi connectivity index (χ4n) is 0.869. The number of hydrogen-bond acceptors (Lipinski definition) is 4. The van der Waals surface area contributed by atoms with Gasteiger partial charge in [-0.15, -0.1) is 5.10 Å². The van der Waals surface area contributed by atoms with E-state index in [0.29, 0.717) is 5.95 Å². The minimum Gasteiger partial charge on any atom is -0.217 e. The second-order valence-electron chi connectivity index (χ2n) is 2.51. The molecule has 6 heteroatoms. The fraction of sp³-hybridized carbons (Fsp3) is 0.143. The van der Waals surface area contributed by atoms with Crippen LogP contribution in [-0.2, 0) is 0 Å². The molecule has 0 atom stereocenters. The molecule has 0 aliphatic heterocycles. The van der Waals surface area contributed by atoms with E-state index in [9.17, 15) is 4.39 Å². The Morgan fingerprint density at radius 3 is 2.54 bits per heavy atom. The van der Waals surface area contributed by atoms with Crippen LogP contribution < -0.4 is 0 Å². The summed E-state index contributed by atoms with van der Waals surface area (Å²) in [6.45, 7) is 1.80. The van der Waals surface area contributed by atoms with Crippen LogP contribution in [0, 0.1) is 12.7 Å². The highest BCUT2D eigenvalue weighted by Crippen LogP contribution is 1.99. The maximum absolute atomic E-state index is 12.4. The van der Waals surface area contributed by atoms with E-state index in [2.05, 4.69) is 20.3 Å². The van der Waals surface area contributed by atoms with Gasteiger partial charge in [-0.1, -0.05) is 5.21 Å². The summed E-state index contributed by atoms with van der Waals surface area (Å²) in [5.74, 6) is -0.164. The molecule has 0 aliphatic rings. The zero-order valence-electron chi connectivity index (χ0n) is 6.85. The summed E-state index contributed by atoms with van der Waals surface area (Å²) >= 11 is 0. The van der Waals surface area contributed by atoms with Crippen molar-refractivity contribution < 1.29 is 4.39 Å². The Morgan fingerprint density at radius 1 is 1.31 bits per heavy atom. The number of aryl methyl sites for hydroxylation is 1. The van der Waals surface area contributed by atoms with E-state index in [1.54, 1.807) is 13.1 Å². The smallest absolute Gasteiger partial charge is 0.217 e. The lowest BCUT2D eigenvalue weighted by molar-refractivity contribution is 0.607. The minimum absolute atomic E-state index is 0.307. The van der Waals surface area contributed by atoms with Crippen molar-refractivity contribution in [2.24, 2.45) is 0 Å². The first kappa shape index (κ1) is 7.78. The first-order valence-corrected chi connectivity index (χ1v) is 3.62. The van der Waals surface area contributed by atoms with Crippen LogP contribution in [-0.4, -0.2) is 25.0 Å². The van der Waals surface area contributed by atoms with E-state index in [0.717, 1.165) is 18.1 Å². The van der Waals surface area contributed by atoms with Crippen molar-refractivity contribution in [3.05, 3.63) is 30.1 Å². The molecule has 0 aromatic carbocycles. The van der Waals surface area contributed by atoms with E-state index in [1.165, 1.54) is 4.68 Å². The van der Waals surface area contributed by atoms with Gasteiger partial charge in [0.15, 0.2) is 5.82 Å². The molecule has 0 unspecified atom stereocenters. The normalized spacial score (nSPS) is 10.3. The SMILES string of the molecule is Cc1cn(-c2ncc(F)cn2)nn1. The third-order valence-corrected chi connectivity index (χ3v) is 1.42. The van der Waals surface area contributed by atoms with Crippen molar-refractivity contribution in [1.82, 2.24) is 25.0 Å². The molecule has 13 heavy (non-hydrogen) atoms. The van der Waals surface area contributed by atoms with Crippen molar-refractivity contribution in [2.75, 3.05) is 0 Å². The molecule has 2 rings (SSSR count). The van der Waals surface area contributed by atoms with E-state index in [4.69, 9.17) is 0 Å². The van der Waals surface area contributed by atoms with Gasteiger partial charge in [0.2, 0.25) is 0 Å². The Bertz CT molecular complexity index is 407. The third-order valence-electron chi connectivity index (χ3n) is 1.42. The molecule has 5 nitrogen and oxygen atoms in total. The fourth-order valence-corrected chi connectivity index (χ4v) is 0.869. The second kappa shape index (κ2) is 2.89. The average Bonchev–Trinajstić information content (AvgIpc) is 2.53. The van der Waals surface area contributed by atoms with Crippen molar-refractivity contribution in [3.63, 3.8) is 0 Å². The molecule has 2 aromatic heterocycles. The minimum atomic E-state index is -0.472. The summed E-state index contributed by atoms with van der Waals surface area (Å²) in [6.07, 6.45) is 3.83. The summed E-state index contributed by atoms with van der Waals surface area (Å²) in [7, 11) is 0. The van der Waals surface area contributed by atoms with Gasteiger partial charge in [0.25, 0.3) is 5.95 Å². The molecule has 0 aliphatic carbocycles. The van der Waals surface area contributed by atoms with Crippen LogP contribution in [0.25, 0.3) is 5.95 Å². The molecule has 0 saturated carbocycles. The van der Waals surface area contributed by atoms with Crippen molar-refractivity contribution in [2.45, 2.75) is 6.92 Å². The second-order valence-corrected chi connectivity index (χ2v) is 2.51. The number of nitrogens with zero attached hydrogens (tertiary/aromatic N) is 5. The van der Waals surface area contributed by atoms with E-state index in [-0.39, 0.29) is 0 Å². The van der Waals surface area contributed by atoms with Crippen LogP contribution >= 0.6 is 0 Å². The molecule has 0 amide bonds. The highest BCUT2D eigenvalue weighted by molar-refractivity contribution is 5.08. The molecule has 0 bridgehead atoms. The highest BCUT2D eigenvalue weighted by atomic mass is 19.1. The first-order valence-electron chi connectivity index (χ1n) is 3.62. The summed E-state index contributed by atoms with van der Waals surface area (Å²) < 4.78 is 13.8. The quantitative estimate of drug-likeness (QED) is 0.639. The Balaban J connectivity index is 2.41. The van der Waals surface area contributed by atoms with Crippen LogP contribution in [0.1, 0.15) is 5.69 Å². The van der Waals surface area contributed by atoms with Gasteiger partial charge in [-0.3, -0.25) is 0 Å². The summed E-state index contributed by atoms with van der Waals surface area (Å²) in [6, 6.07) is 0. The number of aromatic nitrogens is 5. The molecule has 0 fully saturated rings. The van der Waals surface area contributed by atoms with Crippen molar-refractivity contribution in [1.29, 1.82) is 0 Å². The van der Waals surface area contributed by atoms with E-state index >= 15 is 0 Å². The van der Waals surface area contributed by atoms with E-state index in [1.807, 2.05) is 0 Å². The van der Waals surface area contributed by atoms with Crippen LogP contribution in [0.4, 0.5) is 4.39 Å². The lowest BCUT2D eigenvalue weighted by atomic mass is 10.6. The number of halogens is 1. The third kappa shape index (κ3) is 1.51. The first-order chi connectivity index (χ1) is 6.25. The van der Waals surface area contributed by atoms with Crippen molar-refractivity contribution in [3.8, 4) is 5.95 Å². The lowest BCUT2D eigenvalue weighted by Crippen LogP contribution is -2.01. The molecule has 2 heterocycles. The van der Waals surface area contributed by atoms with E-state index < -0.39 is 5.82 Å². The summed E-state index contributed by atoms with van der Waals surface area (Å²) in [5.41, 5.74) is 0.757. The average molecular weight is 179 g/mol. The van der Waals surface area contributed by atoms with Crippen LogP contribution in [0.2, 0.25) is 0 Å². The summed E-state index contributed by atoms with van der Waals surface area (Å²) in [5, 5.41) is 7.49. The molecular weight excluding hydrogens is 173 g/mol. The standard InChI is InChI=1S/C7H6FN5/c1-5-4-13(12-11-5)7-9-2-6(8)3-10-7/h2-4H,1H3. The molecule has 0 radical (unpaired) electrons. The van der Waals surface area contributed by atoms with Gasteiger partial charge in [-0.05, 0) is 6.92 Å². The predicted octanol–water partition coefficient (Wildman–Crippen LogP) is 0.505. The van der Waals surface area contributed by atoms with Gasteiger partial charge in [-0.25, -0.2) is 14.4 Å². The molecule has 0 saturated heterocycles. The Morgan fingerprint density at radius 2 is 2.00 bits per heavy atom. The van der Waals surface area contributed by atoms with Gasteiger partial charge in [0, 0.05) is 0 Å². The molecule has 0 N–H and O–H groups in total. The Hall–Kier alpha value is -1.85. The zero-order valence-corrected chi connectivity index (χ0v) is 6.85.